The van der Waals surface area contributed by atoms with Crippen LogP contribution in [-0.2, 0) is 9.53 Å². The third-order valence-corrected chi connectivity index (χ3v) is 2.53. The highest BCUT2D eigenvalue weighted by Gasteiger charge is 2.23. The lowest BCUT2D eigenvalue weighted by Crippen LogP contribution is -2.35. The summed E-state index contributed by atoms with van der Waals surface area (Å²) in [6.45, 7) is 1.09. The Hall–Kier alpha value is -1.40. The molecule has 2 heterocycles. The molecule has 1 fully saturated rings. The van der Waals surface area contributed by atoms with Crippen molar-refractivity contribution < 1.29 is 9.53 Å². The number of hydrogen-bond donors (Lipinski definition) is 2. The van der Waals surface area contributed by atoms with Crippen LogP contribution in [0.25, 0.3) is 0 Å². The number of halogens is 1. The molecule has 1 unspecified atom stereocenters. The Balaban J connectivity index is 1.87. The first-order valence-electron chi connectivity index (χ1n) is 4.87. The van der Waals surface area contributed by atoms with Crippen molar-refractivity contribution in [2.24, 2.45) is 5.92 Å². The molecule has 86 valence electrons. The van der Waals surface area contributed by atoms with Gasteiger partial charge in [-0.15, -0.1) is 0 Å². The monoisotopic (exact) mass is 242 g/mol. The lowest BCUT2D eigenvalue weighted by atomic mass is 10.1. The van der Waals surface area contributed by atoms with E-state index in [1.54, 1.807) is 0 Å². The molecular formula is C9H11ClN4O2. The van der Waals surface area contributed by atoms with Gasteiger partial charge in [0.05, 0.1) is 12.5 Å². The predicted octanol–water partition coefficient (Wildman–Crippen LogP) is 0.610. The second kappa shape index (κ2) is 5.09. The molecule has 0 bridgehead atoms. The summed E-state index contributed by atoms with van der Waals surface area (Å²) in [5.74, 6) is 0.0959. The quantitative estimate of drug-likeness (QED) is 0.760. The van der Waals surface area contributed by atoms with E-state index in [0.29, 0.717) is 19.0 Å². The summed E-state index contributed by atoms with van der Waals surface area (Å²) >= 11 is 5.76. The van der Waals surface area contributed by atoms with Crippen molar-refractivity contribution in [3.05, 3.63) is 17.5 Å². The number of ether oxygens (including phenoxy) is 1. The number of rotatable bonds is 3. The van der Waals surface area contributed by atoms with Gasteiger partial charge >= 0.3 is 0 Å². The Morgan fingerprint density at radius 2 is 2.31 bits per heavy atom. The van der Waals surface area contributed by atoms with Crippen LogP contribution in [0, 0.1) is 5.92 Å². The van der Waals surface area contributed by atoms with Gasteiger partial charge in [0.25, 0.3) is 0 Å². The summed E-state index contributed by atoms with van der Waals surface area (Å²) in [6.07, 6.45) is 3.70. The first-order chi connectivity index (χ1) is 7.77. The highest BCUT2D eigenvalue weighted by molar-refractivity contribution is 6.31. The van der Waals surface area contributed by atoms with Gasteiger partial charge in [-0.1, -0.05) is 11.6 Å². The van der Waals surface area contributed by atoms with Crippen LogP contribution in [0.5, 0.6) is 0 Å². The third-order valence-electron chi connectivity index (χ3n) is 2.26. The maximum Gasteiger partial charge on any atom is 0.243 e. The molecule has 2 rings (SSSR count). The van der Waals surface area contributed by atoms with Gasteiger partial charge in [-0.25, -0.2) is 9.97 Å². The number of amides is 1. The maximum atomic E-state index is 11.6. The van der Waals surface area contributed by atoms with Gasteiger partial charge in [0.2, 0.25) is 5.91 Å². The summed E-state index contributed by atoms with van der Waals surface area (Å²) < 4.78 is 5.11. The Morgan fingerprint density at radius 3 is 3.00 bits per heavy atom. The smallest absolute Gasteiger partial charge is 0.243 e. The summed E-state index contributed by atoms with van der Waals surface area (Å²) in [5.41, 5.74) is 5.15. The molecule has 1 aliphatic rings. The molecule has 7 heteroatoms. The Kier molecular flexibility index (Phi) is 3.53. The van der Waals surface area contributed by atoms with Crippen molar-refractivity contribution in [1.82, 2.24) is 15.4 Å². The van der Waals surface area contributed by atoms with Crippen molar-refractivity contribution in [2.75, 3.05) is 18.6 Å². The van der Waals surface area contributed by atoms with Crippen molar-refractivity contribution in [1.29, 1.82) is 0 Å². The number of carbonyl (C=O) groups is 1. The molecule has 0 spiro atoms. The number of nitrogens with zero attached hydrogens (tertiary/aromatic N) is 2. The van der Waals surface area contributed by atoms with Gasteiger partial charge in [-0.05, 0) is 6.42 Å². The van der Waals surface area contributed by atoms with E-state index < -0.39 is 0 Å². The minimum absolute atomic E-state index is 0.108. The average Bonchev–Trinajstić information content (AvgIpc) is 2.81. The zero-order chi connectivity index (χ0) is 11.4. The second-order valence-corrected chi connectivity index (χ2v) is 3.73. The van der Waals surface area contributed by atoms with Gasteiger partial charge in [0.15, 0.2) is 11.0 Å². The van der Waals surface area contributed by atoms with Crippen molar-refractivity contribution in [2.45, 2.75) is 6.42 Å². The molecule has 0 aromatic carbocycles. The fourth-order valence-electron chi connectivity index (χ4n) is 1.37. The van der Waals surface area contributed by atoms with E-state index in [0.717, 1.165) is 6.42 Å². The summed E-state index contributed by atoms with van der Waals surface area (Å²) in [7, 11) is 0. The molecule has 1 aromatic heterocycles. The van der Waals surface area contributed by atoms with Crippen LogP contribution in [0.2, 0.25) is 5.15 Å². The maximum absolute atomic E-state index is 11.6. The number of nitrogens with one attached hydrogen (secondary N) is 2. The standard InChI is InChI=1S/C9H11ClN4O2/c10-7-8(12-3-2-11-7)13-14-9(15)6-1-4-16-5-6/h2-3,6H,1,4-5H2,(H,12,13)(H,14,15). The van der Waals surface area contributed by atoms with Crippen LogP contribution in [0.3, 0.4) is 0 Å². The Labute approximate surface area is 97.3 Å². The minimum Gasteiger partial charge on any atom is -0.381 e. The zero-order valence-electron chi connectivity index (χ0n) is 8.44. The number of hydrogen-bond acceptors (Lipinski definition) is 5. The van der Waals surface area contributed by atoms with Crippen LogP contribution in [0.1, 0.15) is 6.42 Å². The van der Waals surface area contributed by atoms with Crippen LogP contribution < -0.4 is 10.9 Å². The predicted molar refractivity (Wildman–Crippen MR) is 57.7 cm³/mol. The molecular weight excluding hydrogens is 232 g/mol. The lowest BCUT2D eigenvalue weighted by Gasteiger charge is -2.11. The molecule has 1 aromatic rings. The molecule has 1 aliphatic heterocycles. The van der Waals surface area contributed by atoms with Gasteiger partial charge in [-0.2, -0.15) is 0 Å². The van der Waals surface area contributed by atoms with Crippen molar-refractivity contribution >= 4 is 23.3 Å². The number of carbonyl (C=O) groups excluding carboxylic acids is 1. The molecule has 2 N–H and O–H groups in total. The fraction of sp³-hybridized carbons (Fsp3) is 0.444. The fourth-order valence-corrected chi connectivity index (χ4v) is 1.52. The van der Waals surface area contributed by atoms with Gasteiger partial charge in [0, 0.05) is 19.0 Å². The molecule has 1 amide bonds. The van der Waals surface area contributed by atoms with E-state index in [1.807, 2.05) is 0 Å². The van der Waals surface area contributed by atoms with E-state index in [4.69, 9.17) is 16.3 Å². The number of hydrazine groups is 1. The molecule has 0 radical (unpaired) electrons. The first-order valence-corrected chi connectivity index (χ1v) is 5.25. The van der Waals surface area contributed by atoms with Gasteiger partial charge < -0.3 is 4.74 Å². The number of anilines is 1. The number of aromatic nitrogens is 2. The highest BCUT2D eigenvalue weighted by atomic mass is 35.5. The van der Waals surface area contributed by atoms with Gasteiger partial charge in [-0.3, -0.25) is 15.6 Å². The molecule has 6 nitrogen and oxygen atoms in total. The highest BCUT2D eigenvalue weighted by Crippen LogP contribution is 2.14. The SMILES string of the molecule is O=C(NNc1nccnc1Cl)C1CCOC1. The summed E-state index contributed by atoms with van der Waals surface area (Å²) in [6, 6.07) is 0. The topological polar surface area (TPSA) is 76.1 Å². The molecule has 16 heavy (non-hydrogen) atoms. The van der Waals surface area contributed by atoms with E-state index in [9.17, 15) is 4.79 Å². The second-order valence-electron chi connectivity index (χ2n) is 3.37. The third kappa shape index (κ3) is 2.59. The minimum atomic E-state index is -0.126. The van der Waals surface area contributed by atoms with E-state index >= 15 is 0 Å². The summed E-state index contributed by atoms with van der Waals surface area (Å²) in [5, 5.41) is 0.213. The zero-order valence-corrected chi connectivity index (χ0v) is 9.20. The lowest BCUT2D eigenvalue weighted by molar-refractivity contribution is -0.124. The van der Waals surface area contributed by atoms with Crippen LogP contribution in [-0.4, -0.2) is 29.1 Å². The average molecular weight is 243 g/mol. The summed E-state index contributed by atoms with van der Waals surface area (Å²) in [4.78, 5) is 19.3. The van der Waals surface area contributed by atoms with Gasteiger partial charge in [0.1, 0.15) is 0 Å². The molecule has 0 aliphatic carbocycles. The van der Waals surface area contributed by atoms with E-state index in [2.05, 4.69) is 20.8 Å². The van der Waals surface area contributed by atoms with Crippen molar-refractivity contribution in [3.63, 3.8) is 0 Å². The van der Waals surface area contributed by atoms with E-state index in [-0.39, 0.29) is 17.0 Å². The molecule has 1 saturated heterocycles. The largest absolute Gasteiger partial charge is 0.381 e. The Morgan fingerprint density at radius 1 is 1.50 bits per heavy atom. The van der Waals surface area contributed by atoms with Crippen LogP contribution >= 0.6 is 11.6 Å². The van der Waals surface area contributed by atoms with Crippen molar-refractivity contribution in [3.8, 4) is 0 Å². The molecule has 1 atom stereocenters. The Bertz CT molecular complexity index is 382. The van der Waals surface area contributed by atoms with E-state index in [1.165, 1.54) is 12.4 Å². The molecule has 0 saturated carbocycles. The van der Waals surface area contributed by atoms with Crippen LogP contribution in [0.4, 0.5) is 5.82 Å². The van der Waals surface area contributed by atoms with Crippen LogP contribution in [0.15, 0.2) is 12.4 Å². The first kappa shape index (κ1) is 11.1. The normalized spacial score (nSPS) is 19.4.